The van der Waals surface area contributed by atoms with Crippen LogP contribution in [0.2, 0.25) is 10.0 Å². The molecule has 0 saturated heterocycles. The Kier molecular flexibility index (Phi) is 7.42. The zero-order valence-corrected chi connectivity index (χ0v) is 21.1. The van der Waals surface area contributed by atoms with Gasteiger partial charge >= 0.3 is 0 Å². The number of aryl methyl sites for hydroxylation is 1. The summed E-state index contributed by atoms with van der Waals surface area (Å²) in [5.41, 5.74) is 5.67. The lowest BCUT2D eigenvalue weighted by Crippen LogP contribution is -2.59. The van der Waals surface area contributed by atoms with Crippen molar-refractivity contribution >= 4 is 64.5 Å². The molecule has 0 fully saturated rings. The standard InChI is InChI=1S/C24H20Cl2N4O2S2/c1-14-2-4-15(5-3-14)20(31)29-24(21(32)28-23(27)30-24)22(33-18-10-6-16(25)7-11-18)34-19-12-8-17(26)9-13-19/h2-13,22H,1H3,(H,29,31)(H3,27,28,30,32)/t24-/m0/s1. The van der Waals surface area contributed by atoms with Crippen LogP contribution in [-0.2, 0) is 4.79 Å². The molecule has 174 valence electrons. The second-order valence-electron chi connectivity index (χ2n) is 7.51. The molecule has 3 aromatic rings. The molecule has 10 heteroatoms. The lowest BCUT2D eigenvalue weighted by Gasteiger charge is -2.32. The first-order chi connectivity index (χ1) is 16.2. The molecular weight excluding hydrogens is 511 g/mol. The summed E-state index contributed by atoms with van der Waals surface area (Å²) in [5.74, 6) is -1.02. The van der Waals surface area contributed by atoms with Gasteiger partial charge in [-0.3, -0.25) is 14.9 Å². The third kappa shape index (κ3) is 5.52. The maximum atomic E-state index is 13.3. The minimum absolute atomic E-state index is 0.0624. The highest BCUT2D eigenvalue weighted by molar-refractivity contribution is 8.17. The van der Waals surface area contributed by atoms with Crippen molar-refractivity contribution in [2.24, 2.45) is 10.7 Å². The quantitative estimate of drug-likeness (QED) is 0.292. The van der Waals surface area contributed by atoms with Gasteiger partial charge in [0, 0.05) is 25.4 Å². The molecule has 1 atom stereocenters. The molecule has 0 saturated carbocycles. The van der Waals surface area contributed by atoms with Crippen LogP contribution in [0.3, 0.4) is 0 Å². The van der Waals surface area contributed by atoms with Gasteiger partial charge in [0.2, 0.25) is 5.66 Å². The molecule has 0 spiro atoms. The van der Waals surface area contributed by atoms with Gasteiger partial charge in [0.1, 0.15) is 4.58 Å². The lowest BCUT2D eigenvalue weighted by atomic mass is 10.1. The van der Waals surface area contributed by atoms with E-state index in [9.17, 15) is 9.59 Å². The highest BCUT2D eigenvalue weighted by Crippen LogP contribution is 2.44. The molecule has 0 unspecified atom stereocenters. The van der Waals surface area contributed by atoms with E-state index in [1.54, 1.807) is 36.4 Å². The van der Waals surface area contributed by atoms with E-state index < -0.39 is 22.1 Å². The Balaban J connectivity index is 1.74. The predicted molar refractivity (Wildman–Crippen MR) is 140 cm³/mol. The monoisotopic (exact) mass is 530 g/mol. The zero-order valence-electron chi connectivity index (χ0n) is 17.9. The van der Waals surface area contributed by atoms with Crippen molar-refractivity contribution in [2.45, 2.75) is 27.0 Å². The number of hydrogen-bond donors (Lipinski definition) is 3. The first-order valence-electron chi connectivity index (χ1n) is 10.2. The summed E-state index contributed by atoms with van der Waals surface area (Å²) >= 11 is 14.8. The minimum atomic E-state index is -1.67. The van der Waals surface area contributed by atoms with Crippen LogP contribution in [0, 0.1) is 6.92 Å². The minimum Gasteiger partial charge on any atom is -0.370 e. The number of rotatable bonds is 7. The number of carbonyl (C=O) groups is 2. The summed E-state index contributed by atoms with van der Waals surface area (Å²) in [6, 6.07) is 21.5. The highest BCUT2D eigenvalue weighted by Gasteiger charge is 2.52. The third-order valence-corrected chi connectivity index (χ3v) is 8.24. The van der Waals surface area contributed by atoms with Gasteiger partial charge in [-0.05, 0) is 67.6 Å². The smallest absolute Gasteiger partial charge is 0.277 e. The average Bonchev–Trinajstić information content (AvgIpc) is 3.10. The molecule has 2 amide bonds. The van der Waals surface area contributed by atoms with Gasteiger partial charge < -0.3 is 11.1 Å². The third-order valence-electron chi connectivity index (χ3n) is 4.96. The summed E-state index contributed by atoms with van der Waals surface area (Å²) in [5, 5.41) is 6.59. The van der Waals surface area contributed by atoms with E-state index in [0.29, 0.717) is 15.6 Å². The fraction of sp³-hybridized carbons (Fsp3) is 0.125. The topological polar surface area (TPSA) is 96.6 Å². The number of thioether (sulfide) groups is 2. The number of nitrogens with two attached hydrogens (primary N) is 1. The van der Waals surface area contributed by atoms with Crippen LogP contribution in [0.5, 0.6) is 0 Å². The Morgan fingerprint density at radius 3 is 1.88 bits per heavy atom. The van der Waals surface area contributed by atoms with Crippen LogP contribution < -0.4 is 16.4 Å². The van der Waals surface area contributed by atoms with Crippen molar-refractivity contribution in [3.8, 4) is 0 Å². The fourth-order valence-electron chi connectivity index (χ4n) is 3.20. The Bertz CT molecular complexity index is 1190. The molecule has 6 nitrogen and oxygen atoms in total. The number of nitrogens with zero attached hydrogens (tertiary/aromatic N) is 1. The van der Waals surface area contributed by atoms with Crippen molar-refractivity contribution in [3.63, 3.8) is 0 Å². The number of amides is 2. The largest absolute Gasteiger partial charge is 0.370 e. The van der Waals surface area contributed by atoms with Crippen molar-refractivity contribution in [1.82, 2.24) is 10.6 Å². The van der Waals surface area contributed by atoms with Crippen LogP contribution in [0.4, 0.5) is 0 Å². The zero-order chi connectivity index (χ0) is 24.3. The van der Waals surface area contributed by atoms with Gasteiger partial charge in [-0.2, -0.15) is 0 Å². The SMILES string of the molecule is Cc1ccc(C(=O)N[C@]2(C(Sc3ccc(Cl)cc3)Sc3ccc(Cl)cc3)N=C(N)NC2=O)cc1. The Morgan fingerprint density at radius 1 is 0.941 bits per heavy atom. The molecular formula is C24H20Cl2N4O2S2. The van der Waals surface area contributed by atoms with Gasteiger partial charge in [0.25, 0.3) is 11.8 Å². The first kappa shape index (κ1) is 24.5. The van der Waals surface area contributed by atoms with E-state index in [0.717, 1.165) is 15.4 Å². The van der Waals surface area contributed by atoms with E-state index >= 15 is 0 Å². The Labute approximate surface area is 215 Å². The lowest BCUT2D eigenvalue weighted by molar-refractivity contribution is -0.124. The molecule has 4 rings (SSSR count). The molecule has 34 heavy (non-hydrogen) atoms. The number of aliphatic imine (C=N–C) groups is 1. The van der Waals surface area contributed by atoms with Crippen LogP contribution in [0.15, 0.2) is 87.6 Å². The predicted octanol–water partition coefficient (Wildman–Crippen LogP) is 5.08. The first-order valence-corrected chi connectivity index (χ1v) is 12.7. The van der Waals surface area contributed by atoms with Gasteiger partial charge in [0.15, 0.2) is 5.96 Å². The number of hydrogen-bond acceptors (Lipinski definition) is 6. The van der Waals surface area contributed by atoms with Gasteiger partial charge in [-0.1, -0.05) is 40.9 Å². The summed E-state index contributed by atoms with van der Waals surface area (Å²) in [6.07, 6.45) is 0. The molecule has 1 aliphatic heterocycles. The van der Waals surface area contributed by atoms with Crippen LogP contribution in [-0.4, -0.2) is 28.0 Å². The number of nitrogens with one attached hydrogen (secondary N) is 2. The summed E-state index contributed by atoms with van der Waals surface area (Å²) in [6.45, 7) is 1.93. The van der Waals surface area contributed by atoms with Crippen molar-refractivity contribution in [3.05, 3.63) is 94.0 Å². The number of guanidine groups is 1. The fourth-order valence-corrected chi connectivity index (χ4v) is 6.17. The van der Waals surface area contributed by atoms with E-state index in [-0.39, 0.29) is 5.96 Å². The van der Waals surface area contributed by atoms with Gasteiger partial charge in [-0.15, -0.1) is 23.5 Å². The van der Waals surface area contributed by atoms with E-state index in [4.69, 9.17) is 28.9 Å². The molecule has 0 aliphatic carbocycles. The second kappa shape index (κ2) is 10.3. The van der Waals surface area contributed by atoms with E-state index in [1.165, 1.54) is 23.5 Å². The molecule has 0 radical (unpaired) electrons. The molecule has 0 bridgehead atoms. The number of carbonyl (C=O) groups excluding carboxylic acids is 2. The Hall–Kier alpha value is -2.65. The summed E-state index contributed by atoms with van der Waals surface area (Å²) < 4.78 is -0.620. The van der Waals surface area contributed by atoms with Crippen molar-refractivity contribution in [2.75, 3.05) is 0 Å². The van der Waals surface area contributed by atoms with E-state index in [1.807, 2.05) is 43.3 Å². The summed E-state index contributed by atoms with van der Waals surface area (Å²) in [4.78, 5) is 32.6. The van der Waals surface area contributed by atoms with Gasteiger partial charge in [0.05, 0.1) is 0 Å². The molecule has 4 N–H and O–H groups in total. The maximum absolute atomic E-state index is 13.3. The second-order valence-corrected chi connectivity index (χ2v) is 11.0. The van der Waals surface area contributed by atoms with Crippen LogP contribution in [0.1, 0.15) is 15.9 Å². The van der Waals surface area contributed by atoms with Crippen LogP contribution in [0.25, 0.3) is 0 Å². The maximum Gasteiger partial charge on any atom is 0.277 e. The van der Waals surface area contributed by atoms with Gasteiger partial charge in [-0.25, -0.2) is 4.99 Å². The molecule has 1 heterocycles. The van der Waals surface area contributed by atoms with E-state index in [2.05, 4.69) is 15.6 Å². The van der Waals surface area contributed by atoms with Crippen LogP contribution >= 0.6 is 46.7 Å². The highest BCUT2D eigenvalue weighted by atomic mass is 35.5. The number of halogens is 2. The average molecular weight is 531 g/mol. The molecule has 3 aromatic carbocycles. The molecule has 0 aromatic heterocycles. The number of benzene rings is 3. The van der Waals surface area contributed by atoms with Crippen molar-refractivity contribution in [1.29, 1.82) is 0 Å². The Morgan fingerprint density at radius 2 is 1.44 bits per heavy atom. The normalized spacial score (nSPS) is 17.4. The summed E-state index contributed by atoms with van der Waals surface area (Å²) in [7, 11) is 0. The molecule has 1 aliphatic rings. The van der Waals surface area contributed by atoms with Crippen molar-refractivity contribution < 1.29 is 9.59 Å².